The lowest BCUT2D eigenvalue weighted by Gasteiger charge is -2.05. The van der Waals surface area contributed by atoms with Crippen LogP contribution in [0.3, 0.4) is 0 Å². The van der Waals surface area contributed by atoms with Crippen molar-refractivity contribution in [2.75, 3.05) is 0 Å². The average molecular weight is 388 g/mol. The molecule has 0 atom stereocenters. The second kappa shape index (κ2) is 6.93. The van der Waals surface area contributed by atoms with Crippen molar-refractivity contribution in [2.24, 2.45) is 5.10 Å². The summed E-state index contributed by atoms with van der Waals surface area (Å²) in [6, 6.07) is 10.0. The molecule has 0 spiro atoms. The fourth-order valence-corrected chi connectivity index (χ4v) is 2.42. The smallest absolute Gasteiger partial charge is 0.275 e. The van der Waals surface area contributed by atoms with E-state index in [-0.39, 0.29) is 21.4 Å². The molecule has 7 heteroatoms. The van der Waals surface area contributed by atoms with Gasteiger partial charge in [0, 0.05) is 15.1 Å². The zero-order chi connectivity index (χ0) is 15.4. The molecular formula is C14H9BrCl2N2O2. The van der Waals surface area contributed by atoms with Gasteiger partial charge in [-0.05, 0) is 18.2 Å². The van der Waals surface area contributed by atoms with Gasteiger partial charge in [-0.25, -0.2) is 5.43 Å². The van der Waals surface area contributed by atoms with E-state index in [2.05, 4.69) is 26.5 Å². The number of rotatable bonds is 3. The van der Waals surface area contributed by atoms with Crippen LogP contribution in [-0.2, 0) is 0 Å². The van der Waals surface area contributed by atoms with E-state index in [9.17, 15) is 9.90 Å². The van der Waals surface area contributed by atoms with E-state index < -0.39 is 5.91 Å². The van der Waals surface area contributed by atoms with Crippen LogP contribution >= 0.6 is 39.1 Å². The number of benzene rings is 2. The molecule has 0 saturated heterocycles. The van der Waals surface area contributed by atoms with Gasteiger partial charge in [-0.3, -0.25) is 4.79 Å². The highest BCUT2D eigenvalue weighted by atomic mass is 79.9. The van der Waals surface area contributed by atoms with E-state index in [4.69, 9.17) is 23.2 Å². The first-order valence-corrected chi connectivity index (χ1v) is 7.30. The molecule has 0 aliphatic heterocycles. The van der Waals surface area contributed by atoms with Crippen LogP contribution in [0.4, 0.5) is 0 Å². The van der Waals surface area contributed by atoms with Crippen LogP contribution in [0.25, 0.3) is 0 Å². The minimum absolute atomic E-state index is 0.00225. The molecule has 0 aliphatic carbocycles. The normalized spacial score (nSPS) is 10.8. The van der Waals surface area contributed by atoms with Crippen LogP contribution < -0.4 is 5.43 Å². The predicted molar refractivity (Wildman–Crippen MR) is 87.3 cm³/mol. The van der Waals surface area contributed by atoms with Crippen molar-refractivity contribution in [2.45, 2.75) is 0 Å². The molecule has 0 fully saturated rings. The van der Waals surface area contributed by atoms with Crippen molar-refractivity contribution < 1.29 is 9.90 Å². The Labute approximate surface area is 139 Å². The van der Waals surface area contributed by atoms with Gasteiger partial charge in [0.1, 0.15) is 5.75 Å². The van der Waals surface area contributed by atoms with E-state index in [1.807, 2.05) is 24.3 Å². The van der Waals surface area contributed by atoms with Crippen LogP contribution in [0.5, 0.6) is 5.75 Å². The van der Waals surface area contributed by atoms with Crippen molar-refractivity contribution >= 4 is 51.3 Å². The summed E-state index contributed by atoms with van der Waals surface area (Å²) in [4.78, 5) is 11.9. The van der Waals surface area contributed by atoms with Gasteiger partial charge in [-0.15, -0.1) is 0 Å². The van der Waals surface area contributed by atoms with Crippen LogP contribution in [0.15, 0.2) is 46.0 Å². The number of nitrogens with one attached hydrogen (secondary N) is 1. The zero-order valence-electron chi connectivity index (χ0n) is 10.5. The average Bonchev–Trinajstić information content (AvgIpc) is 2.44. The highest BCUT2D eigenvalue weighted by Crippen LogP contribution is 2.30. The van der Waals surface area contributed by atoms with Gasteiger partial charge in [0.15, 0.2) is 0 Å². The van der Waals surface area contributed by atoms with Gasteiger partial charge in [0.2, 0.25) is 0 Å². The number of aromatic hydroxyl groups is 1. The molecule has 0 bridgehead atoms. The van der Waals surface area contributed by atoms with E-state index in [1.165, 1.54) is 18.3 Å². The molecule has 0 saturated carbocycles. The number of carbonyl (C=O) groups is 1. The molecule has 108 valence electrons. The third kappa shape index (κ3) is 3.97. The molecule has 0 radical (unpaired) electrons. The topological polar surface area (TPSA) is 61.7 Å². The zero-order valence-corrected chi connectivity index (χ0v) is 13.6. The fraction of sp³-hybridized carbons (Fsp3) is 0. The summed E-state index contributed by atoms with van der Waals surface area (Å²) >= 11 is 14.9. The Morgan fingerprint density at radius 3 is 2.71 bits per heavy atom. The van der Waals surface area contributed by atoms with Gasteiger partial charge in [-0.2, -0.15) is 5.10 Å². The largest absolute Gasteiger partial charge is 0.506 e. The number of phenols is 1. The second-order valence-corrected chi connectivity index (χ2v) is 5.70. The number of hydrogen-bond donors (Lipinski definition) is 2. The third-order valence-electron chi connectivity index (χ3n) is 2.55. The summed E-state index contributed by atoms with van der Waals surface area (Å²) in [5.41, 5.74) is 3.06. The highest BCUT2D eigenvalue weighted by Gasteiger charge is 2.14. The SMILES string of the molecule is O=C(NN=Cc1ccccc1Br)c1cc(Cl)cc(Cl)c1O. The molecule has 2 aromatic carbocycles. The molecule has 2 N–H and O–H groups in total. The van der Waals surface area contributed by atoms with Crippen LogP contribution in [0.1, 0.15) is 15.9 Å². The van der Waals surface area contributed by atoms with Crippen molar-refractivity contribution in [3.05, 3.63) is 62.0 Å². The molecule has 1 amide bonds. The number of carbonyl (C=O) groups excluding carboxylic acids is 1. The number of halogens is 3. The van der Waals surface area contributed by atoms with E-state index in [0.717, 1.165) is 10.0 Å². The van der Waals surface area contributed by atoms with Gasteiger partial charge < -0.3 is 5.11 Å². The van der Waals surface area contributed by atoms with Gasteiger partial charge >= 0.3 is 0 Å². The maximum Gasteiger partial charge on any atom is 0.275 e. The summed E-state index contributed by atoms with van der Waals surface area (Å²) < 4.78 is 0.844. The molecule has 2 rings (SSSR count). The van der Waals surface area contributed by atoms with Crippen LogP contribution in [0.2, 0.25) is 10.0 Å². The first-order chi connectivity index (χ1) is 9.99. The van der Waals surface area contributed by atoms with Crippen LogP contribution in [-0.4, -0.2) is 17.2 Å². The van der Waals surface area contributed by atoms with E-state index in [0.29, 0.717) is 0 Å². The Morgan fingerprint density at radius 1 is 1.29 bits per heavy atom. The quantitative estimate of drug-likeness (QED) is 0.611. The first-order valence-electron chi connectivity index (χ1n) is 5.75. The van der Waals surface area contributed by atoms with Gasteiger partial charge in [-0.1, -0.05) is 57.3 Å². The molecular weight excluding hydrogens is 379 g/mol. The number of hydrazone groups is 1. The van der Waals surface area contributed by atoms with Gasteiger partial charge in [0.25, 0.3) is 5.91 Å². The Kier molecular flexibility index (Phi) is 5.22. The number of hydrogen-bond acceptors (Lipinski definition) is 3. The lowest BCUT2D eigenvalue weighted by Crippen LogP contribution is -2.17. The number of nitrogens with zero attached hydrogens (tertiary/aromatic N) is 1. The van der Waals surface area contributed by atoms with Gasteiger partial charge in [0.05, 0.1) is 16.8 Å². The van der Waals surface area contributed by atoms with E-state index in [1.54, 1.807) is 0 Å². The number of phenolic OH excluding ortho intramolecular Hbond substituents is 1. The summed E-state index contributed by atoms with van der Waals surface area (Å²) in [5.74, 6) is -0.949. The standard InChI is InChI=1S/C14H9BrCl2N2O2/c15-11-4-2-1-3-8(11)7-18-19-14(21)10-5-9(16)6-12(17)13(10)20/h1-7,20H,(H,19,21). The lowest BCUT2D eigenvalue weighted by molar-refractivity contribution is 0.0952. The maximum atomic E-state index is 11.9. The summed E-state index contributed by atoms with van der Waals surface area (Å²) in [7, 11) is 0. The van der Waals surface area contributed by atoms with Crippen LogP contribution in [0, 0.1) is 0 Å². The van der Waals surface area contributed by atoms with Crippen molar-refractivity contribution in [1.29, 1.82) is 0 Å². The van der Waals surface area contributed by atoms with E-state index >= 15 is 0 Å². The van der Waals surface area contributed by atoms with Crippen molar-refractivity contribution in [1.82, 2.24) is 5.43 Å². The second-order valence-electron chi connectivity index (χ2n) is 4.00. The minimum atomic E-state index is -0.611. The Hall–Kier alpha value is -1.56. The molecule has 2 aromatic rings. The molecule has 0 unspecified atom stereocenters. The third-order valence-corrected chi connectivity index (χ3v) is 3.78. The minimum Gasteiger partial charge on any atom is -0.506 e. The summed E-state index contributed by atoms with van der Waals surface area (Å²) in [5, 5.41) is 13.8. The Balaban J connectivity index is 2.14. The first kappa shape index (κ1) is 15.8. The summed E-state index contributed by atoms with van der Waals surface area (Å²) in [6.07, 6.45) is 1.48. The predicted octanol–water partition coefficient (Wildman–Crippen LogP) is 4.23. The van der Waals surface area contributed by atoms with Crippen molar-refractivity contribution in [3.8, 4) is 5.75 Å². The fourth-order valence-electron chi connectivity index (χ4n) is 1.54. The Morgan fingerprint density at radius 2 is 2.00 bits per heavy atom. The molecule has 0 aliphatic rings. The molecule has 21 heavy (non-hydrogen) atoms. The molecule has 0 heterocycles. The summed E-state index contributed by atoms with van der Waals surface area (Å²) in [6.45, 7) is 0. The maximum absolute atomic E-state index is 11.9. The number of amides is 1. The molecule has 0 aromatic heterocycles. The lowest BCUT2D eigenvalue weighted by atomic mass is 10.2. The Bertz CT molecular complexity index is 720. The molecule has 4 nitrogen and oxygen atoms in total. The monoisotopic (exact) mass is 386 g/mol. The van der Waals surface area contributed by atoms with Crippen molar-refractivity contribution in [3.63, 3.8) is 0 Å². The highest BCUT2D eigenvalue weighted by molar-refractivity contribution is 9.10.